The first-order valence-corrected chi connectivity index (χ1v) is 7.00. The lowest BCUT2D eigenvalue weighted by Crippen LogP contribution is -2.08. The fourth-order valence-electron chi connectivity index (χ4n) is 1.80. The maximum atomic E-state index is 5.93. The zero-order valence-electron chi connectivity index (χ0n) is 11.4. The van der Waals surface area contributed by atoms with Crippen molar-refractivity contribution >= 4 is 15.9 Å². The predicted octanol–water partition coefficient (Wildman–Crippen LogP) is 3.18. The van der Waals surface area contributed by atoms with Gasteiger partial charge in [-0.2, -0.15) is 0 Å². The Morgan fingerprint density at radius 1 is 1.35 bits per heavy atom. The van der Waals surface area contributed by atoms with Gasteiger partial charge in [0.1, 0.15) is 24.7 Å². The van der Waals surface area contributed by atoms with Gasteiger partial charge in [-0.05, 0) is 19.1 Å². The highest BCUT2D eigenvalue weighted by atomic mass is 79.9. The quantitative estimate of drug-likeness (QED) is 0.874. The predicted molar refractivity (Wildman–Crippen MR) is 78.3 cm³/mol. The molecule has 1 heterocycles. The van der Waals surface area contributed by atoms with Crippen LogP contribution in [0.5, 0.6) is 5.75 Å². The molecule has 5 nitrogen and oxygen atoms in total. The number of hydrogen-bond donors (Lipinski definition) is 1. The van der Waals surface area contributed by atoms with Crippen LogP contribution in [-0.4, -0.2) is 12.3 Å². The summed E-state index contributed by atoms with van der Waals surface area (Å²) in [5, 5.41) is 3.92. The van der Waals surface area contributed by atoms with E-state index in [1.54, 1.807) is 7.11 Å². The molecule has 0 saturated heterocycles. The molecule has 0 aliphatic rings. The van der Waals surface area contributed by atoms with E-state index in [0.717, 1.165) is 15.8 Å². The Labute approximate surface area is 126 Å². The van der Waals surface area contributed by atoms with E-state index in [2.05, 4.69) is 21.1 Å². The Morgan fingerprint density at radius 2 is 2.15 bits per heavy atom. The summed E-state index contributed by atoms with van der Waals surface area (Å²) in [6, 6.07) is 7.50. The molecule has 2 N–H and O–H groups in total. The van der Waals surface area contributed by atoms with Gasteiger partial charge in [0.15, 0.2) is 5.76 Å². The van der Waals surface area contributed by atoms with Gasteiger partial charge >= 0.3 is 0 Å². The lowest BCUT2D eigenvalue weighted by Gasteiger charge is -2.13. The van der Waals surface area contributed by atoms with Crippen molar-refractivity contribution in [2.75, 3.05) is 7.11 Å². The number of nitrogens with zero attached hydrogens (tertiary/aromatic N) is 1. The average molecular weight is 341 g/mol. The maximum absolute atomic E-state index is 5.93. The van der Waals surface area contributed by atoms with Crippen LogP contribution in [0.1, 0.15) is 30.0 Å². The van der Waals surface area contributed by atoms with Crippen LogP contribution < -0.4 is 10.5 Å². The van der Waals surface area contributed by atoms with Gasteiger partial charge in [0, 0.05) is 29.3 Å². The molecule has 0 radical (unpaired) electrons. The van der Waals surface area contributed by atoms with E-state index in [0.29, 0.717) is 24.7 Å². The number of hydrogen-bond acceptors (Lipinski definition) is 5. The molecule has 1 aromatic heterocycles. The van der Waals surface area contributed by atoms with Crippen molar-refractivity contribution in [3.8, 4) is 5.75 Å². The zero-order valence-corrected chi connectivity index (χ0v) is 13.0. The van der Waals surface area contributed by atoms with E-state index in [1.165, 1.54) is 0 Å². The molecule has 2 rings (SSSR count). The summed E-state index contributed by atoms with van der Waals surface area (Å²) >= 11 is 3.42. The fourth-order valence-corrected chi connectivity index (χ4v) is 2.14. The molecule has 0 fully saturated rings. The van der Waals surface area contributed by atoms with Gasteiger partial charge in [0.05, 0.1) is 0 Å². The SMILES string of the molecule is COCc1cc(COc2cc(Br)ccc2[C@@H](C)N)no1. The van der Waals surface area contributed by atoms with Crippen LogP contribution in [-0.2, 0) is 18.0 Å². The number of halogens is 1. The van der Waals surface area contributed by atoms with Crippen molar-refractivity contribution < 1.29 is 14.0 Å². The second-order valence-corrected chi connectivity index (χ2v) is 5.39. The second kappa shape index (κ2) is 6.88. The first kappa shape index (κ1) is 15.0. The highest BCUT2D eigenvalue weighted by Gasteiger charge is 2.10. The van der Waals surface area contributed by atoms with Crippen LogP contribution in [0.4, 0.5) is 0 Å². The van der Waals surface area contributed by atoms with Gasteiger partial charge in [-0.3, -0.25) is 0 Å². The normalized spacial score (nSPS) is 12.4. The summed E-state index contributed by atoms with van der Waals surface area (Å²) in [6.07, 6.45) is 0. The Hall–Kier alpha value is -1.37. The molecule has 1 atom stereocenters. The molecule has 0 aliphatic heterocycles. The van der Waals surface area contributed by atoms with Crippen molar-refractivity contribution in [1.82, 2.24) is 5.16 Å². The van der Waals surface area contributed by atoms with E-state index < -0.39 is 0 Å². The van der Waals surface area contributed by atoms with Gasteiger partial charge in [0.2, 0.25) is 0 Å². The number of benzene rings is 1. The highest BCUT2D eigenvalue weighted by Crippen LogP contribution is 2.28. The average Bonchev–Trinajstić information content (AvgIpc) is 2.84. The minimum atomic E-state index is -0.0977. The Morgan fingerprint density at radius 3 is 2.85 bits per heavy atom. The molecule has 20 heavy (non-hydrogen) atoms. The summed E-state index contributed by atoms with van der Waals surface area (Å²) in [5.41, 5.74) is 7.60. The van der Waals surface area contributed by atoms with Crippen LogP contribution in [0.15, 0.2) is 33.3 Å². The third-order valence-corrected chi connectivity index (χ3v) is 3.23. The lowest BCUT2D eigenvalue weighted by atomic mass is 10.1. The summed E-state index contributed by atoms with van der Waals surface area (Å²) in [4.78, 5) is 0. The van der Waals surface area contributed by atoms with Crippen molar-refractivity contribution in [1.29, 1.82) is 0 Å². The monoisotopic (exact) mass is 340 g/mol. The lowest BCUT2D eigenvalue weighted by molar-refractivity contribution is 0.155. The highest BCUT2D eigenvalue weighted by molar-refractivity contribution is 9.10. The first-order valence-electron chi connectivity index (χ1n) is 6.21. The number of ether oxygens (including phenoxy) is 2. The van der Waals surface area contributed by atoms with Crippen LogP contribution in [0, 0.1) is 0 Å². The smallest absolute Gasteiger partial charge is 0.162 e. The van der Waals surface area contributed by atoms with Crippen LogP contribution in [0.25, 0.3) is 0 Å². The third-order valence-electron chi connectivity index (χ3n) is 2.74. The standard InChI is InChI=1S/C14H17BrN2O3/c1-9(16)13-4-3-10(15)5-14(13)19-7-11-6-12(8-18-2)20-17-11/h3-6,9H,7-8,16H2,1-2H3/t9-/m1/s1. The van der Waals surface area contributed by atoms with E-state index in [1.807, 2.05) is 31.2 Å². The third kappa shape index (κ3) is 3.82. The molecule has 0 amide bonds. The van der Waals surface area contributed by atoms with Crippen LogP contribution in [0.2, 0.25) is 0 Å². The molecule has 0 saturated carbocycles. The molecule has 2 aromatic rings. The summed E-state index contributed by atoms with van der Waals surface area (Å²) in [7, 11) is 1.61. The van der Waals surface area contributed by atoms with E-state index in [4.69, 9.17) is 19.7 Å². The van der Waals surface area contributed by atoms with Crippen molar-refractivity contribution in [3.63, 3.8) is 0 Å². The van der Waals surface area contributed by atoms with Gasteiger partial charge < -0.3 is 19.7 Å². The Balaban J connectivity index is 2.07. The number of methoxy groups -OCH3 is 1. The molecule has 0 aliphatic carbocycles. The second-order valence-electron chi connectivity index (χ2n) is 4.48. The maximum Gasteiger partial charge on any atom is 0.162 e. The minimum absolute atomic E-state index is 0.0977. The summed E-state index contributed by atoms with van der Waals surface area (Å²) < 4.78 is 16.8. The van der Waals surface area contributed by atoms with Crippen molar-refractivity contribution in [2.24, 2.45) is 5.73 Å². The Bertz CT molecular complexity index is 569. The Kier molecular flexibility index (Phi) is 5.17. The van der Waals surface area contributed by atoms with Crippen LogP contribution >= 0.6 is 15.9 Å². The molecule has 108 valence electrons. The minimum Gasteiger partial charge on any atom is -0.487 e. The molecular formula is C14H17BrN2O3. The van der Waals surface area contributed by atoms with Crippen molar-refractivity contribution in [2.45, 2.75) is 26.2 Å². The van der Waals surface area contributed by atoms with E-state index in [-0.39, 0.29) is 6.04 Å². The van der Waals surface area contributed by atoms with Gasteiger partial charge in [-0.15, -0.1) is 0 Å². The van der Waals surface area contributed by atoms with E-state index >= 15 is 0 Å². The van der Waals surface area contributed by atoms with Gasteiger partial charge in [-0.25, -0.2) is 0 Å². The molecule has 0 unspecified atom stereocenters. The fraction of sp³-hybridized carbons (Fsp3) is 0.357. The largest absolute Gasteiger partial charge is 0.487 e. The molecule has 1 aromatic carbocycles. The molecular weight excluding hydrogens is 324 g/mol. The van der Waals surface area contributed by atoms with Crippen LogP contribution in [0.3, 0.4) is 0 Å². The number of rotatable bonds is 6. The molecule has 6 heteroatoms. The summed E-state index contributed by atoms with van der Waals surface area (Å²) in [5.74, 6) is 1.42. The van der Waals surface area contributed by atoms with Gasteiger partial charge in [0.25, 0.3) is 0 Å². The van der Waals surface area contributed by atoms with Gasteiger partial charge in [-0.1, -0.05) is 27.2 Å². The van der Waals surface area contributed by atoms with Crippen molar-refractivity contribution in [3.05, 3.63) is 45.8 Å². The topological polar surface area (TPSA) is 70.5 Å². The summed E-state index contributed by atoms with van der Waals surface area (Å²) in [6.45, 7) is 2.64. The number of nitrogens with two attached hydrogens (primary N) is 1. The zero-order chi connectivity index (χ0) is 14.5. The molecule has 0 spiro atoms. The first-order chi connectivity index (χ1) is 9.60. The number of aromatic nitrogens is 1. The van der Waals surface area contributed by atoms with E-state index in [9.17, 15) is 0 Å². The molecule has 0 bridgehead atoms.